The van der Waals surface area contributed by atoms with Crippen molar-refractivity contribution in [2.45, 2.75) is 33.1 Å². The van der Waals surface area contributed by atoms with Gasteiger partial charge >= 0.3 is 0 Å². The summed E-state index contributed by atoms with van der Waals surface area (Å²) < 4.78 is 0. The first-order valence-corrected chi connectivity index (χ1v) is 9.92. The number of carbonyl (C=O) groups is 1. The Hall–Kier alpha value is -2.93. The highest BCUT2D eigenvalue weighted by Gasteiger charge is 2.26. The number of thioether (sulfide) groups is 1. The van der Waals surface area contributed by atoms with E-state index in [9.17, 15) is 14.9 Å². The number of unbranched alkanes of at least 4 members (excludes halogenated alkanes) is 1. The molecule has 0 aromatic heterocycles. The van der Waals surface area contributed by atoms with E-state index in [4.69, 9.17) is 0 Å². The highest BCUT2D eigenvalue weighted by atomic mass is 32.2. The third-order valence-corrected chi connectivity index (χ3v) is 5.55. The first-order chi connectivity index (χ1) is 13.5. The third-order valence-electron chi connectivity index (χ3n) is 4.46. The van der Waals surface area contributed by atoms with E-state index in [1.165, 1.54) is 29.5 Å². The molecule has 1 amide bonds. The van der Waals surface area contributed by atoms with Crippen LogP contribution < -0.4 is 5.32 Å². The van der Waals surface area contributed by atoms with Crippen LogP contribution in [0.2, 0.25) is 0 Å². The standard InChI is InChI=1S/C21H21N3O3S/c1-3-4-5-15-6-10-17(11-7-15)22-21-23-20(25)19(28-21)14(2)16-8-12-18(13-9-16)24(26)27/h6-13H,3-5H2,1-2H3,(H,22,23,25)/b19-14-. The van der Waals surface area contributed by atoms with Gasteiger partial charge in [-0.05, 0) is 72.5 Å². The van der Waals surface area contributed by atoms with Crippen molar-refractivity contribution in [1.82, 2.24) is 5.32 Å². The monoisotopic (exact) mass is 395 g/mol. The van der Waals surface area contributed by atoms with Crippen molar-refractivity contribution in [2.24, 2.45) is 4.99 Å². The largest absolute Gasteiger partial charge is 0.300 e. The third kappa shape index (κ3) is 4.67. The molecule has 1 fully saturated rings. The number of hydrogen-bond acceptors (Lipinski definition) is 5. The number of nitrogens with zero attached hydrogens (tertiary/aromatic N) is 2. The van der Waals surface area contributed by atoms with Gasteiger partial charge in [0.25, 0.3) is 11.6 Å². The smallest absolute Gasteiger partial charge is 0.269 e. The quantitative estimate of drug-likeness (QED) is 0.413. The molecule has 0 saturated carbocycles. The number of allylic oxidation sites excluding steroid dienone is 1. The van der Waals surface area contributed by atoms with Crippen molar-refractivity contribution >= 4 is 39.8 Å². The van der Waals surface area contributed by atoms with Crippen LogP contribution in [0.1, 0.15) is 37.8 Å². The summed E-state index contributed by atoms with van der Waals surface area (Å²) in [6, 6.07) is 14.2. The fraction of sp³-hybridized carbons (Fsp3) is 0.238. The Morgan fingerprint density at radius 2 is 1.82 bits per heavy atom. The first-order valence-electron chi connectivity index (χ1n) is 9.10. The second-order valence-electron chi connectivity index (χ2n) is 6.50. The SMILES string of the molecule is CCCCc1ccc(N=C2NC(=O)/C(=C(\C)c3ccc([N+](=O)[O-])cc3)S2)cc1. The molecule has 1 aliphatic rings. The number of hydrogen-bond donors (Lipinski definition) is 1. The highest BCUT2D eigenvalue weighted by Crippen LogP contribution is 2.33. The van der Waals surface area contributed by atoms with Gasteiger partial charge in [-0.3, -0.25) is 14.9 Å². The highest BCUT2D eigenvalue weighted by molar-refractivity contribution is 8.18. The molecule has 0 unspecified atom stereocenters. The molecular formula is C21H21N3O3S. The number of nitro benzene ring substituents is 1. The van der Waals surface area contributed by atoms with Gasteiger partial charge in [-0.15, -0.1) is 0 Å². The predicted octanol–water partition coefficient (Wildman–Crippen LogP) is 5.22. The molecule has 1 aliphatic heterocycles. The van der Waals surface area contributed by atoms with Crippen LogP contribution in [0.25, 0.3) is 5.57 Å². The van der Waals surface area contributed by atoms with Crippen LogP contribution in [0, 0.1) is 10.1 Å². The Balaban J connectivity index is 1.77. The number of non-ortho nitro benzene ring substituents is 1. The van der Waals surface area contributed by atoms with Crippen molar-refractivity contribution < 1.29 is 9.72 Å². The average Bonchev–Trinajstić information content (AvgIpc) is 3.07. The molecule has 144 valence electrons. The number of aliphatic imine (C=N–C) groups is 1. The number of rotatable bonds is 6. The lowest BCUT2D eigenvalue weighted by molar-refractivity contribution is -0.384. The van der Waals surface area contributed by atoms with Crippen molar-refractivity contribution in [1.29, 1.82) is 0 Å². The van der Waals surface area contributed by atoms with Gasteiger partial charge in [0.1, 0.15) is 0 Å². The molecule has 1 N–H and O–H groups in total. The fourth-order valence-corrected chi connectivity index (χ4v) is 3.72. The van der Waals surface area contributed by atoms with E-state index in [1.54, 1.807) is 12.1 Å². The minimum atomic E-state index is -0.443. The number of nitrogens with one attached hydrogen (secondary N) is 1. The number of benzene rings is 2. The Morgan fingerprint density at radius 3 is 2.43 bits per heavy atom. The van der Waals surface area contributed by atoms with Gasteiger partial charge < -0.3 is 5.32 Å². The molecule has 0 spiro atoms. The van der Waals surface area contributed by atoms with E-state index in [1.807, 2.05) is 19.1 Å². The van der Waals surface area contributed by atoms with Gasteiger partial charge in [-0.2, -0.15) is 0 Å². The zero-order chi connectivity index (χ0) is 20.1. The normalized spacial score (nSPS) is 16.9. The minimum absolute atomic E-state index is 0.0229. The Kier molecular flexibility index (Phi) is 6.26. The van der Waals surface area contributed by atoms with Gasteiger partial charge in [-0.1, -0.05) is 25.5 Å². The van der Waals surface area contributed by atoms with E-state index >= 15 is 0 Å². The summed E-state index contributed by atoms with van der Waals surface area (Å²) in [6.07, 6.45) is 3.38. The van der Waals surface area contributed by atoms with Crippen LogP contribution in [0.15, 0.2) is 58.4 Å². The summed E-state index contributed by atoms with van der Waals surface area (Å²) in [5, 5.41) is 14.1. The molecule has 0 atom stereocenters. The van der Waals surface area contributed by atoms with Gasteiger partial charge in [0.2, 0.25) is 0 Å². The summed E-state index contributed by atoms with van der Waals surface area (Å²) in [7, 11) is 0. The molecule has 0 bridgehead atoms. The van der Waals surface area contributed by atoms with Gasteiger partial charge in [-0.25, -0.2) is 4.99 Å². The van der Waals surface area contributed by atoms with E-state index < -0.39 is 4.92 Å². The number of carbonyl (C=O) groups excluding carboxylic acids is 1. The Bertz CT molecular complexity index is 948. The Morgan fingerprint density at radius 1 is 1.14 bits per heavy atom. The number of amides is 1. The molecule has 1 heterocycles. The lowest BCUT2D eigenvalue weighted by atomic mass is 10.1. The van der Waals surface area contributed by atoms with Crippen molar-refractivity contribution in [3.8, 4) is 0 Å². The molecule has 28 heavy (non-hydrogen) atoms. The Labute approximate surface area is 167 Å². The van der Waals surface area contributed by atoms with Gasteiger partial charge in [0.05, 0.1) is 15.5 Å². The van der Waals surface area contributed by atoms with Gasteiger partial charge in [0.15, 0.2) is 5.17 Å². The van der Waals surface area contributed by atoms with Crippen LogP contribution >= 0.6 is 11.8 Å². The molecule has 0 aliphatic carbocycles. The molecule has 7 heteroatoms. The number of nitro groups is 1. The second-order valence-corrected chi connectivity index (χ2v) is 7.50. The van der Waals surface area contributed by atoms with Crippen LogP contribution in [0.5, 0.6) is 0 Å². The molecule has 0 radical (unpaired) electrons. The number of aryl methyl sites for hydroxylation is 1. The molecule has 6 nitrogen and oxygen atoms in total. The van der Waals surface area contributed by atoms with E-state index in [2.05, 4.69) is 29.4 Å². The summed E-state index contributed by atoms with van der Waals surface area (Å²) in [5.41, 5.74) is 3.62. The summed E-state index contributed by atoms with van der Waals surface area (Å²) in [4.78, 5) is 27.8. The van der Waals surface area contributed by atoms with E-state index in [0.717, 1.165) is 36.1 Å². The zero-order valence-electron chi connectivity index (χ0n) is 15.8. The summed E-state index contributed by atoms with van der Waals surface area (Å²) >= 11 is 1.28. The maximum atomic E-state index is 12.4. The van der Waals surface area contributed by atoms with Crippen LogP contribution in [-0.4, -0.2) is 16.0 Å². The van der Waals surface area contributed by atoms with E-state index in [0.29, 0.717) is 10.1 Å². The zero-order valence-corrected chi connectivity index (χ0v) is 16.6. The van der Waals surface area contributed by atoms with Gasteiger partial charge in [0, 0.05) is 12.1 Å². The maximum Gasteiger partial charge on any atom is 0.269 e. The molecular weight excluding hydrogens is 374 g/mol. The van der Waals surface area contributed by atoms with Crippen molar-refractivity contribution in [3.63, 3.8) is 0 Å². The maximum absolute atomic E-state index is 12.4. The minimum Gasteiger partial charge on any atom is -0.300 e. The lowest BCUT2D eigenvalue weighted by Crippen LogP contribution is -2.19. The molecule has 2 aromatic carbocycles. The predicted molar refractivity (Wildman–Crippen MR) is 114 cm³/mol. The molecule has 3 rings (SSSR count). The van der Waals surface area contributed by atoms with Crippen molar-refractivity contribution in [2.75, 3.05) is 0 Å². The average molecular weight is 395 g/mol. The van der Waals surface area contributed by atoms with E-state index in [-0.39, 0.29) is 11.6 Å². The lowest BCUT2D eigenvalue weighted by Gasteiger charge is -2.03. The van der Waals surface area contributed by atoms with Crippen molar-refractivity contribution in [3.05, 3.63) is 74.7 Å². The van der Waals surface area contributed by atoms with Crippen LogP contribution in [-0.2, 0) is 11.2 Å². The fourth-order valence-electron chi connectivity index (χ4n) is 2.82. The summed E-state index contributed by atoms with van der Waals surface area (Å²) in [5.74, 6) is -0.209. The molecule has 1 saturated heterocycles. The van der Waals surface area contributed by atoms with Crippen LogP contribution in [0.4, 0.5) is 11.4 Å². The second kappa shape index (κ2) is 8.84. The summed E-state index contributed by atoms with van der Waals surface area (Å²) in [6.45, 7) is 4.00. The first kappa shape index (κ1) is 19.8. The molecule has 2 aromatic rings. The topological polar surface area (TPSA) is 84.6 Å². The van der Waals surface area contributed by atoms with Crippen LogP contribution in [0.3, 0.4) is 0 Å². The number of amidine groups is 1.